The van der Waals surface area contributed by atoms with E-state index in [9.17, 15) is 4.79 Å². The number of carbonyl (C=O) groups excluding carboxylic acids is 1. The fourth-order valence-electron chi connectivity index (χ4n) is 3.63. The molecule has 0 aliphatic carbocycles. The van der Waals surface area contributed by atoms with Crippen LogP contribution in [0.5, 0.6) is 0 Å². The minimum atomic E-state index is 0.0587. The zero-order valence-corrected chi connectivity index (χ0v) is 16.4. The molecule has 2 saturated heterocycles. The summed E-state index contributed by atoms with van der Waals surface area (Å²) in [6.07, 6.45) is 4.83. The topological polar surface area (TPSA) is 35.6 Å². The van der Waals surface area contributed by atoms with Gasteiger partial charge in [-0.15, -0.1) is 11.3 Å². The number of carbonyl (C=O) groups is 1. The van der Waals surface area contributed by atoms with E-state index in [1.165, 1.54) is 29.2 Å². The van der Waals surface area contributed by atoms with Crippen molar-refractivity contribution in [3.8, 4) is 0 Å². The Morgan fingerprint density at radius 1 is 1.29 bits per heavy atom. The summed E-state index contributed by atoms with van der Waals surface area (Å²) in [6.45, 7) is 4.35. The molecule has 2 aliphatic heterocycles. The zero-order valence-electron chi connectivity index (χ0n) is 14.7. The van der Waals surface area contributed by atoms with Crippen molar-refractivity contribution in [3.63, 3.8) is 0 Å². The van der Waals surface area contributed by atoms with E-state index in [2.05, 4.69) is 40.3 Å². The summed E-state index contributed by atoms with van der Waals surface area (Å²) in [7, 11) is 1.90. The first kappa shape index (κ1) is 18.1. The summed E-state index contributed by atoms with van der Waals surface area (Å²) < 4.78 is 0. The van der Waals surface area contributed by atoms with Crippen molar-refractivity contribution in [3.05, 3.63) is 22.4 Å². The molecule has 0 radical (unpaired) electrons. The van der Waals surface area contributed by atoms with Gasteiger partial charge in [0, 0.05) is 37.1 Å². The SMILES string of the molecule is C[C@@H](c1cccs1)N(C)C(=O)NC1CCN(C2CCSCC2)CC1. The predicted octanol–water partition coefficient (Wildman–Crippen LogP) is 3.81. The van der Waals surface area contributed by atoms with Gasteiger partial charge in [0.05, 0.1) is 6.04 Å². The van der Waals surface area contributed by atoms with E-state index in [1.54, 1.807) is 11.3 Å². The lowest BCUT2D eigenvalue weighted by molar-refractivity contribution is 0.132. The average Bonchev–Trinajstić information content (AvgIpc) is 3.16. The Morgan fingerprint density at radius 2 is 2.00 bits per heavy atom. The largest absolute Gasteiger partial charge is 0.335 e. The smallest absolute Gasteiger partial charge is 0.317 e. The minimum Gasteiger partial charge on any atom is -0.335 e. The van der Waals surface area contributed by atoms with E-state index in [4.69, 9.17) is 0 Å². The molecule has 1 aromatic heterocycles. The van der Waals surface area contributed by atoms with Crippen molar-refractivity contribution in [2.24, 2.45) is 0 Å². The summed E-state index contributed by atoms with van der Waals surface area (Å²) in [5.74, 6) is 2.62. The maximum atomic E-state index is 12.5. The Kier molecular flexibility index (Phi) is 6.47. The number of nitrogens with one attached hydrogen (secondary N) is 1. The fraction of sp³-hybridized carbons (Fsp3) is 0.722. The first-order valence-electron chi connectivity index (χ1n) is 9.03. The van der Waals surface area contributed by atoms with Crippen LogP contribution in [0.15, 0.2) is 17.5 Å². The molecular formula is C18H29N3OS2. The molecule has 6 heteroatoms. The lowest BCUT2D eigenvalue weighted by Gasteiger charge is -2.39. The van der Waals surface area contributed by atoms with Crippen molar-refractivity contribution >= 4 is 29.1 Å². The molecule has 0 bridgehead atoms. The maximum Gasteiger partial charge on any atom is 0.317 e. The average molecular weight is 368 g/mol. The first-order valence-corrected chi connectivity index (χ1v) is 11.1. The number of rotatable bonds is 4. The van der Waals surface area contributed by atoms with Crippen molar-refractivity contribution < 1.29 is 4.79 Å². The second-order valence-electron chi connectivity index (χ2n) is 6.91. The van der Waals surface area contributed by atoms with Gasteiger partial charge in [-0.1, -0.05) is 6.07 Å². The second kappa shape index (κ2) is 8.59. The van der Waals surface area contributed by atoms with Crippen LogP contribution in [0.3, 0.4) is 0 Å². The van der Waals surface area contributed by atoms with E-state index >= 15 is 0 Å². The zero-order chi connectivity index (χ0) is 16.9. The molecule has 2 amide bonds. The lowest BCUT2D eigenvalue weighted by Crippen LogP contribution is -2.51. The van der Waals surface area contributed by atoms with Crippen molar-refractivity contribution in [1.82, 2.24) is 15.1 Å². The van der Waals surface area contributed by atoms with Crippen LogP contribution in [-0.2, 0) is 0 Å². The monoisotopic (exact) mass is 367 g/mol. The van der Waals surface area contributed by atoms with Gasteiger partial charge < -0.3 is 15.1 Å². The highest BCUT2D eigenvalue weighted by Gasteiger charge is 2.28. The molecule has 1 aromatic rings. The molecule has 134 valence electrons. The molecule has 0 saturated carbocycles. The van der Waals surface area contributed by atoms with E-state index in [0.29, 0.717) is 6.04 Å². The van der Waals surface area contributed by atoms with Crippen molar-refractivity contribution in [2.75, 3.05) is 31.6 Å². The first-order chi connectivity index (χ1) is 11.6. The summed E-state index contributed by atoms with van der Waals surface area (Å²) in [4.78, 5) is 18.3. The minimum absolute atomic E-state index is 0.0587. The molecule has 3 rings (SSSR count). The molecule has 2 aliphatic rings. The Hall–Kier alpha value is -0.720. The molecule has 0 unspecified atom stereocenters. The molecule has 3 heterocycles. The third-order valence-electron chi connectivity index (χ3n) is 5.42. The highest BCUT2D eigenvalue weighted by Crippen LogP contribution is 2.26. The van der Waals surface area contributed by atoms with Gasteiger partial charge in [0.25, 0.3) is 0 Å². The molecule has 1 N–H and O–H groups in total. The second-order valence-corrected chi connectivity index (χ2v) is 9.11. The molecule has 24 heavy (non-hydrogen) atoms. The van der Waals surface area contributed by atoms with Gasteiger partial charge in [0.1, 0.15) is 0 Å². The summed E-state index contributed by atoms with van der Waals surface area (Å²) >= 11 is 3.80. The molecular weight excluding hydrogens is 338 g/mol. The van der Waals surface area contributed by atoms with Gasteiger partial charge in [0.2, 0.25) is 0 Å². The van der Waals surface area contributed by atoms with Gasteiger partial charge in [-0.3, -0.25) is 0 Å². The molecule has 4 nitrogen and oxygen atoms in total. The summed E-state index contributed by atoms with van der Waals surface area (Å²) in [5, 5.41) is 5.31. The number of thioether (sulfide) groups is 1. The van der Waals surface area contributed by atoms with Crippen molar-refractivity contribution in [2.45, 2.75) is 50.7 Å². The van der Waals surface area contributed by atoms with Crippen LogP contribution in [0.25, 0.3) is 0 Å². The number of piperidine rings is 1. The van der Waals surface area contributed by atoms with Crippen LogP contribution in [0.1, 0.15) is 43.5 Å². The number of hydrogen-bond donors (Lipinski definition) is 1. The van der Waals surface area contributed by atoms with Gasteiger partial charge in [0.15, 0.2) is 0 Å². The van der Waals surface area contributed by atoms with Gasteiger partial charge in [-0.25, -0.2) is 4.79 Å². The number of hydrogen-bond acceptors (Lipinski definition) is 4. The Bertz CT molecular complexity index is 508. The number of thiophene rings is 1. The van der Waals surface area contributed by atoms with E-state index in [0.717, 1.165) is 32.0 Å². The molecule has 0 aromatic carbocycles. The predicted molar refractivity (Wildman–Crippen MR) is 104 cm³/mol. The summed E-state index contributed by atoms with van der Waals surface area (Å²) in [6, 6.07) is 5.43. The normalized spacial score (nSPS) is 22.2. The van der Waals surface area contributed by atoms with E-state index < -0.39 is 0 Å². The third-order valence-corrected chi connectivity index (χ3v) is 7.51. The van der Waals surface area contributed by atoms with Crippen molar-refractivity contribution in [1.29, 1.82) is 0 Å². The number of nitrogens with zero attached hydrogens (tertiary/aromatic N) is 2. The Balaban J connectivity index is 1.44. The van der Waals surface area contributed by atoms with Crippen LogP contribution in [0.4, 0.5) is 4.79 Å². The van der Waals surface area contributed by atoms with E-state index in [1.807, 2.05) is 18.0 Å². The van der Waals surface area contributed by atoms with Crippen LogP contribution in [0.2, 0.25) is 0 Å². The molecule has 0 spiro atoms. The Labute approximate surface area is 154 Å². The number of amides is 2. The van der Waals surface area contributed by atoms with Crippen LogP contribution in [0, 0.1) is 0 Å². The van der Waals surface area contributed by atoms with Crippen LogP contribution < -0.4 is 5.32 Å². The van der Waals surface area contributed by atoms with E-state index in [-0.39, 0.29) is 12.1 Å². The van der Waals surface area contributed by atoms with Gasteiger partial charge in [-0.05, 0) is 55.6 Å². The number of likely N-dealkylation sites (tertiary alicyclic amines) is 1. The molecule has 2 fully saturated rings. The van der Waals surface area contributed by atoms with Gasteiger partial charge in [-0.2, -0.15) is 11.8 Å². The summed E-state index contributed by atoms with van der Waals surface area (Å²) in [5.41, 5.74) is 0. The van der Waals surface area contributed by atoms with Crippen LogP contribution >= 0.6 is 23.1 Å². The standard InChI is InChI=1S/C18H29N3OS2/c1-14(17-4-3-11-24-17)20(2)18(22)19-15-5-9-21(10-6-15)16-7-12-23-13-8-16/h3-4,11,14-16H,5-10,12-13H2,1-2H3,(H,19,22)/t14-/m0/s1. The molecule has 1 atom stereocenters. The Morgan fingerprint density at radius 3 is 2.62 bits per heavy atom. The van der Waals surface area contributed by atoms with Gasteiger partial charge >= 0.3 is 6.03 Å². The number of urea groups is 1. The third kappa shape index (κ3) is 4.46. The lowest BCUT2D eigenvalue weighted by atomic mass is 10.0. The fourth-order valence-corrected chi connectivity index (χ4v) is 5.54. The van der Waals surface area contributed by atoms with Crippen LogP contribution in [-0.4, -0.2) is 59.6 Å². The maximum absolute atomic E-state index is 12.5. The quantitative estimate of drug-likeness (QED) is 0.879. The highest BCUT2D eigenvalue weighted by molar-refractivity contribution is 7.99. The highest BCUT2D eigenvalue weighted by atomic mass is 32.2.